The Bertz CT molecular complexity index is 422. The molecule has 0 aliphatic carbocycles. The fourth-order valence-corrected chi connectivity index (χ4v) is 1.32. The van der Waals surface area contributed by atoms with Crippen molar-refractivity contribution < 1.29 is 9.72 Å². The molecule has 0 aliphatic rings. The zero-order valence-corrected chi connectivity index (χ0v) is 9.03. The molecule has 0 atom stereocenters. The molecule has 0 aliphatic heterocycles. The van der Waals surface area contributed by atoms with E-state index in [4.69, 9.17) is 17.3 Å². The summed E-state index contributed by atoms with van der Waals surface area (Å²) in [4.78, 5) is 20.5. The fourth-order valence-electron chi connectivity index (χ4n) is 1.14. The first-order valence-electron chi connectivity index (χ1n) is 4.42. The van der Waals surface area contributed by atoms with Crippen LogP contribution in [0.15, 0.2) is 18.2 Å². The van der Waals surface area contributed by atoms with Crippen molar-refractivity contribution >= 4 is 23.2 Å². The molecule has 0 saturated heterocycles. The van der Waals surface area contributed by atoms with E-state index in [9.17, 15) is 14.9 Å². The highest BCUT2D eigenvalue weighted by Gasteiger charge is 2.12. The van der Waals surface area contributed by atoms with E-state index >= 15 is 0 Å². The van der Waals surface area contributed by atoms with Crippen molar-refractivity contribution in [3.8, 4) is 0 Å². The predicted octanol–water partition coefficient (Wildman–Crippen LogP) is 0.823. The van der Waals surface area contributed by atoms with Gasteiger partial charge >= 0.3 is 0 Å². The number of primary amides is 1. The number of nitrogens with zero attached hydrogens (tertiary/aromatic N) is 1. The first-order chi connectivity index (χ1) is 7.50. The minimum Gasteiger partial charge on any atom is -0.369 e. The highest BCUT2D eigenvalue weighted by Crippen LogP contribution is 2.24. The first-order valence-corrected chi connectivity index (χ1v) is 4.80. The number of nitrogens with two attached hydrogens (primary N) is 1. The second kappa shape index (κ2) is 5.43. The molecule has 0 radical (unpaired) electrons. The lowest BCUT2D eigenvalue weighted by molar-refractivity contribution is -0.384. The molecule has 3 N–H and O–H groups in total. The number of carbonyl (C=O) groups is 1. The van der Waals surface area contributed by atoms with Gasteiger partial charge in [-0.1, -0.05) is 17.7 Å². The maximum atomic E-state index is 10.6. The van der Waals surface area contributed by atoms with Crippen LogP contribution < -0.4 is 11.1 Å². The van der Waals surface area contributed by atoms with Crippen LogP contribution in [-0.4, -0.2) is 17.4 Å². The van der Waals surface area contributed by atoms with Gasteiger partial charge in [-0.3, -0.25) is 14.9 Å². The van der Waals surface area contributed by atoms with Crippen molar-refractivity contribution in [2.75, 3.05) is 6.54 Å². The summed E-state index contributed by atoms with van der Waals surface area (Å²) in [5, 5.41) is 13.4. The molecule has 0 aromatic heterocycles. The molecule has 6 nitrogen and oxygen atoms in total. The number of hydrogen-bond donors (Lipinski definition) is 2. The van der Waals surface area contributed by atoms with Crippen molar-refractivity contribution in [1.82, 2.24) is 5.32 Å². The summed E-state index contributed by atoms with van der Waals surface area (Å²) in [6.07, 6.45) is 0. The molecule has 16 heavy (non-hydrogen) atoms. The molecule has 0 bridgehead atoms. The standard InChI is InChI=1S/C9H10ClN3O3/c10-7-2-1-6(3-8(7)13(15)16)4-12-5-9(11)14/h1-3,12H,4-5H2,(H2,11,14). The minimum absolute atomic E-state index is 0.0242. The van der Waals surface area contributed by atoms with E-state index in [1.54, 1.807) is 6.07 Å². The Morgan fingerprint density at radius 1 is 1.56 bits per heavy atom. The highest BCUT2D eigenvalue weighted by molar-refractivity contribution is 6.32. The van der Waals surface area contributed by atoms with E-state index in [2.05, 4.69) is 5.32 Å². The van der Waals surface area contributed by atoms with Crippen LogP contribution in [0.3, 0.4) is 0 Å². The van der Waals surface area contributed by atoms with Crippen LogP contribution in [-0.2, 0) is 11.3 Å². The molecule has 1 amide bonds. The van der Waals surface area contributed by atoms with Gasteiger partial charge in [-0.2, -0.15) is 0 Å². The normalized spacial score (nSPS) is 10.1. The van der Waals surface area contributed by atoms with E-state index in [0.717, 1.165) is 0 Å². The molecule has 7 heteroatoms. The van der Waals surface area contributed by atoms with Crippen molar-refractivity contribution in [2.24, 2.45) is 5.73 Å². The van der Waals surface area contributed by atoms with Gasteiger partial charge in [0.15, 0.2) is 0 Å². The van der Waals surface area contributed by atoms with Crippen LogP contribution in [0.5, 0.6) is 0 Å². The van der Waals surface area contributed by atoms with Crippen molar-refractivity contribution in [3.05, 3.63) is 38.9 Å². The van der Waals surface area contributed by atoms with E-state index in [1.807, 2.05) is 0 Å². The van der Waals surface area contributed by atoms with Crippen LogP contribution in [0.1, 0.15) is 5.56 Å². The maximum absolute atomic E-state index is 10.6. The third kappa shape index (κ3) is 3.48. The van der Waals surface area contributed by atoms with Crippen LogP contribution in [0.2, 0.25) is 5.02 Å². The molecule has 0 saturated carbocycles. The van der Waals surface area contributed by atoms with Gasteiger partial charge in [0, 0.05) is 12.6 Å². The number of nitrogens with one attached hydrogen (secondary N) is 1. The fraction of sp³-hybridized carbons (Fsp3) is 0.222. The number of hydrogen-bond acceptors (Lipinski definition) is 4. The molecule has 86 valence electrons. The topological polar surface area (TPSA) is 98.3 Å². The van der Waals surface area contributed by atoms with Gasteiger partial charge in [-0.15, -0.1) is 0 Å². The van der Waals surface area contributed by atoms with Crippen LogP contribution in [0.25, 0.3) is 0 Å². The zero-order chi connectivity index (χ0) is 12.1. The summed E-state index contributed by atoms with van der Waals surface area (Å²) < 4.78 is 0. The number of benzene rings is 1. The first kappa shape index (κ1) is 12.4. The number of rotatable bonds is 5. The van der Waals surface area contributed by atoms with Gasteiger partial charge in [0.25, 0.3) is 5.69 Å². The van der Waals surface area contributed by atoms with Gasteiger partial charge in [0.05, 0.1) is 11.5 Å². The van der Waals surface area contributed by atoms with E-state index < -0.39 is 10.8 Å². The summed E-state index contributed by atoms with van der Waals surface area (Å²) in [6.45, 7) is 0.345. The molecule has 1 aromatic rings. The Labute approximate surface area is 96.5 Å². The summed E-state index contributed by atoms with van der Waals surface area (Å²) in [6, 6.07) is 4.45. The molecular formula is C9H10ClN3O3. The predicted molar refractivity (Wildman–Crippen MR) is 59.0 cm³/mol. The van der Waals surface area contributed by atoms with E-state index in [0.29, 0.717) is 12.1 Å². The average Bonchev–Trinajstić information content (AvgIpc) is 2.19. The maximum Gasteiger partial charge on any atom is 0.288 e. The third-order valence-corrected chi connectivity index (χ3v) is 2.16. The molecule has 1 rings (SSSR count). The molecule has 0 unspecified atom stereocenters. The molecular weight excluding hydrogens is 234 g/mol. The Balaban J connectivity index is 2.71. The molecule has 0 heterocycles. The number of halogens is 1. The number of nitro benzene ring substituents is 1. The Morgan fingerprint density at radius 2 is 2.25 bits per heavy atom. The van der Waals surface area contributed by atoms with Gasteiger partial charge < -0.3 is 11.1 Å². The average molecular weight is 244 g/mol. The SMILES string of the molecule is NC(=O)CNCc1ccc(Cl)c([N+](=O)[O-])c1. The van der Waals surface area contributed by atoms with Crippen LogP contribution in [0.4, 0.5) is 5.69 Å². The summed E-state index contributed by atoms with van der Waals surface area (Å²) in [7, 11) is 0. The lowest BCUT2D eigenvalue weighted by Crippen LogP contribution is -2.28. The third-order valence-electron chi connectivity index (χ3n) is 1.84. The van der Waals surface area contributed by atoms with Crippen LogP contribution in [0, 0.1) is 10.1 Å². The van der Waals surface area contributed by atoms with Gasteiger partial charge in [-0.05, 0) is 11.6 Å². The molecule has 0 spiro atoms. The summed E-state index contributed by atoms with van der Waals surface area (Å²) in [5.41, 5.74) is 5.44. The Morgan fingerprint density at radius 3 is 2.81 bits per heavy atom. The quantitative estimate of drug-likeness (QED) is 0.591. The minimum atomic E-state index is -0.556. The molecule has 0 fully saturated rings. The monoisotopic (exact) mass is 243 g/mol. The van der Waals surface area contributed by atoms with Crippen molar-refractivity contribution in [2.45, 2.75) is 6.54 Å². The van der Waals surface area contributed by atoms with Crippen LogP contribution >= 0.6 is 11.6 Å². The van der Waals surface area contributed by atoms with E-state index in [-0.39, 0.29) is 17.3 Å². The van der Waals surface area contributed by atoms with Gasteiger partial charge in [-0.25, -0.2) is 0 Å². The van der Waals surface area contributed by atoms with Gasteiger partial charge in [0.2, 0.25) is 5.91 Å². The van der Waals surface area contributed by atoms with Crippen molar-refractivity contribution in [3.63, 3.8) is 0 Å². The highest BCUT2D eigenvalue weighted by atomic mass is 35.5. The van der Waals surface area contributed by atoms with Crippen molar-refractivity contribution in [1.29, 1.82) is 0 Å². The number of amides is 1. The summed E-state index contributed by atoms with van der Waals surface area (Å²) >= 11 is 5.64. The summed E-state index contributed by atoms with van der Waals surface area (Å²) in [5.74, 6) is -0.483. The lowest BCUT2D eigenvalue weighted by Gasteiger charge is -2.03. The van der Waals surface area contributed by atoms with E-state index in [1.165, 1.54) is 12.1 Å². The Kier molecular flexibility index (Phi) is 4.21. The Hall–Kier alpha value is -1.66. The molecule has 1 aromatic carbocycles. The second-order valence-electron chi connectivity index (χ2n) is 3.11. The zero-order valence-electron chi connectivity index (χ0n) is 8.27. The number of carbonyl (C=O) groups excluding carboxylic acids is 1. The van der Waals surface area contributed by atoms with Gasteiger partial charge in [0.1, 0.15) is 5.02 Å². The largest absolute Gasteiger partial charge is 0.369 e. The smallest absolute Gasteiger partial charge is 0.288 e. The lowest BCUT2D eigenvalue weighted by atomic mass is 10.2. The number of nitro groups is 1. The second-order valence-corrected chi connectivity index (χ2v) is 3.52.